The van der Waals surface area contributed by atoms with Crippen LogP contribution in [0.15, 0.2) is 24.3 Å². The molecule has 0 bridgehead atoms. The van der Waals surface area contributed by atoms with E-state index in [0.29, 0.717) is 0 Å². The van der Waals surface area contributed by atoms with Gasteiger partial charge in [0.1, 0.15) is 0 Å². The Morgan fingerprint density at radius 3 is 2.00 bits per heavy atom. The van der Waals surface area contributed by atoms with Gasteiger partial charge in [-0.3, -0.25) is 0 Å². The Morgan fingerprint density at radius 1 is 1.20 bits per heavy atom. The number of hydrogen-bond donors (Lipinski definition) is 0. The van der Waals surface area contributed by atoms with Gasteiger partial charge in [-0.2, -0.15) is 30.2 Å². The second kappa shape index (κ2) is 5.94. The molecule has 0 amide bonds. The Kier molecular flexibility index (Phi) is 6.05. The molecule has 0 aliphatic carbocycles. The molecule has 1 aromatic rings. The summed E-state index contributed by atoms with van der Waals surface area (Å²) >= 11 is 8.06. The summed E-state index contributed by atoms with van der Waals surface area (Å²) < 4.78 is 0. The van der Waals surface area contributed by atoms with Gasteiger partial charge in [-0.05, 0) is 0 Å². The third-order valence-corrected chi connectivity index (χ3v) is 1.33. The van der Waals surface area contributed by atoms with Gasteiger partial charge >= 0.3 is 25.2 Å². The van der Waals surface area contributed by atoms with Gasteiger partial charge in [-0.15, -0.1) is 12.1 Å². The summed E-state index contributed by atoms with van der Waals surface area (Å²) in [5.41, 5.74) is 0.883. The van der Waals surface area contributed by atoms with Crippen LogP contribution in [0.1, 0.15) is 5.56 Å². The standard InChI is InChI=1S/C7H6Cl.ClH.Mn/c1-6-4-2-3-5-7(6)8;;/h2-5H,1H2;1H;/q-1;;+2/p-1. The van der Waals surface area contributed by atoms with Crippen molar-refractivity contribution in [1.29, 1.82) is 0 Å². The average Bonchev–Trinajstić information content (AvgIpc) is 2.00. The van der Waals surface area contributed by atoms with Crippen LogP contribution in [0, 0.1) is 6.92 Å². The first kappa shape index (κ1) is 10.2. The molecule has 0 atom stereocenters. The second-order valence-corrected chi connectivity index (χ2v) is 2.00. The van der Waals surface area contributed by atoms with Crippen LogP contribution in [-0.4, -0.2) is 0 Å². The first-order chi connectivity index (χ1) is 4.80. The van der Waals surface area contributed by atoms with Crippen molar-refractivity contribution in [3.8, 4) is 0 Å². The first-order valence-corrected chi connectivity index (χ1v) is 4.51. The molecule has 0 N–H and O–H groups in total. The predicted octanol–water partition coefficient (Wildman–Crippen LogP) is 3.21. The van der Waals surface area contributed by atoms with Crippen molar-refractivity contribution in [2.75, 3.05) is 0 Å². The average molecular weight is 216 g/mol. The first-order valence-electron chi connectivity index (χ1n) is 2.51. The van der Waals surface area contributed by atoms with Crippen LogP contribution in [0.4, 0.5) is 0 Å². The Bertz CT molecular complexity index is 168. The molecule has 0 unspecified atom stereocenters. The topological polar surface area (TPSA) is 0 Å². The molecule has 0 heterocycles. The van der Waals surface area contributed by atoms with E-state index < -0.39 is 0 Å². The van der Waals surface area contributed by atoms with Crippen molar-refractivity contribution in [3.63, 3.8) is 0 Å². The van der Waals surface area contributed by atoms with Crippen LogP contribution in [0.5, 0.6) is 0 Å². The maximum absolute atomic E-state index is 5.65. The Hall–Kier alpha value is 0.189. The van der Waals surface area contributed by atoms with E-state index in [-0.39, 0.29) is 0 Å². The van der Waals surface area contributed by atoms with Gasteiger partial charge in [0.05, 0.1) is 0 Å². The number of hydrogen-bond acceptors (Lipinski definition) is 0. The van der Waals surface area contributed by atoms with Crippen molar-refractivity contribution < 1.29 is 15.1 Å². The zero-order valence-corrected chi connectivity index (χ0v) is 7.84. The summed E-state index contributed by atoms with van der Waals surface area (Å²) in [7, 11) is 4.45. The molecule has 1 rings (SSSR count). The quantitative estimate of drug-likeness (QED) is 0.461. The van der Waals surface area contributed by atoms with E-state index in [1.54, 1.807) is 0 Å². The zero-order valence-electron chi connectivity index (χ0n) is 5.15. The summed E-state index contributed by atoms with van der Waals surface area (Å²) in [5.74, 6) is 0. The molecule has 0 radical (unpaired) electrons. The van der Waals surface area contributed by atoms with E-state index in [9.17, 15) is 0 Å². The zero-order chi connectivity index (χ0) is 7.98. The fraction of sp³-hybridized carbons (Fsp3) is 0. The van der Waals surface area contributed by atoms with E-state index in [2.05, 4.69) is 32.1 Å². The minimum absolute atomic E-state index is 0.729. The third-order valence-electron chi connectivity index (χ3n) is 0.958. The molecule has 0 aromatic heterocycles. The molecule has 0 saturated heterocycles. The van der Waals surface area contributed by atoms with Crippen LogP contribution in [0.3, 0.4) is 0 Å². The second-order valence-electron chi connectivity index (χ2n) is 1.59. The monoisotopic (exact) mass is 215 g/mol. The molecule has 0 aliphatic heterocycles. The molecular weight excluding hydrogens is 210 g/mol. The van der Waals surface area contributed by atoms with Crippen molar-refractivity contribution >= 4 is 21.7 Å². The van der Waals surface area contributed by atoms with Crippen LogP contribution in [-0.2, 0) is 15.1 Å². The van der Waals surface area contributed by atoms with Crippen LogP contribution in [0.2, 0.25) is 5.02 Å². The summed E-state index contributed by atoms with van der Waals surface area (Å²) in [5, 5.41) is 0.729. The molecule has 0 spiro atoms. The summed E-state index contributed by atoms with van der Waals surface area (Å²) in [4.78, 5) is 0. The van der Waals surface area contributed by atoms with Crippen LogP contribution < -0.4 is 0 Å². The fourth-order valence-electron chi connectivity index (χ4n) is 0.498. The summed E-state index contributed by atoms with van der Waals surface area (Å²) in [6.45, 7) is 3.69. The molecule has 1 aromatic carbocycles. The third kappa shape index (κ3) is 3.38. The van der Waals surface area contributed by atoms with Gasteiger partial charge in [-0.1, -0.05) is 11.1 Å². The Balaban J connectivity index is 0.000000371. The molecule has 0 nitrogen and oxygen atoms in total. The molecule has 0 saturated carbocycles. The summed E-state index contributed by atoms with van der Waals surface area (Å²) in [6, 6.07) is 7.50. The van der Waals surface area contributed by atoms with Gasteiger partial charge in [0.15, 0.2) is 0 Å². The van der Waals surface area contributed by atoms with Crippen molar-refractivity contribution in [2.24, 2.45) is 0 Å². The number of benzene rings is 1. The Morgan fingerprint density at radius 2 is 1.70 bits per heavy atom. The number of rotatable bonds is 0. The van der Waals surface area contributed by atoms with E-state index in [4.69, 9.17) is 11.6 Å². The fourth-order valence-corrected chi connectivity index (χ4v) is 0.634. The van der Waals surface area contributed by atoms with Gasteiger partial charge in [-0.25, -0.2) is 0 Å². The van der Waals surface area contributed by atoms with E-state index in [0.717, 1.165) is 10.6 Å². The normalized spacial score (nSPS) is 7.80. The van der Waals surface area contributed by atoms with Crippen molar-refractivity contribution in [2.45, 2.75) is 0 Å². The van der Waals surface area contributed by atoms with Crippen LogP contribution >= 0.6 is 21.7 Å². The van der Waals surface area contributed by atoms with E-state index >= 15 is 0 Å². The molecule has 0 fully saturated rings. The molecule has 0 aliphatic rings. The molecule has 10 heavy (non-hydrogen) atoms. The SMILES string of the molecule is [CH2-]c1ccccc1Cl.[Cl][Mn+]. The van der Waals surface area contributed by atoms with Crippen molar-refractivity contribution in [1.82, 2.24) is 0 Å². The number of halogens is 2. The minimum atomic E-state index is 0.729. The van der Waals surface area contributed by atoms with E-state index in [1.165, 1.54) is 0 Å². The van der Waals surface area contributed by atoms with Crippen molar-refractivity contribution in [3.05, 3.63) is 41.8 Å². The van der Waals surface area contributed by atoms with Gasteiger partial charge in [0.2, 0.25) is 0 Å². The molecule has 3 heteroatoms. The van der Waals surface area contributed by atoms with Gasteiger partial charge in [0, 0.05) is 0 Å². The predicted molar refractivity (Wildman–Crippen MR) is 41.8 cm³/mol. The van der Waals surface area contributed by atoms with Crippen LogP contribution in [0.25, 0.3) is 0 Å². The van der Waals surface area contributed by atoms with E-state index in [1.807, 2.05) is 24.3 Å². The Labute approximate surface area is 78.6 Å². The summed E-state index contributed by atoms with van der Waals surface area (Å²) in [6.07, 6.45) is 0. The maximum atomic E-state index is 5.65. The molecule has 55 valence electrons. The molecular formula is C7H6Cl2Mn. The van der Waals surface area contributed by atoms with Gasteiger partial charge < -0.3 is 0 Å². The van der Waals surface area contributed by atoms with Gasteiger partial charge in [0.25, 0.3) is 0 Å².